The first-order chi connectivity index (χ1) is 20.4. The molecule has 1 unspecified atom stereocenters. The molecule has 3 nitrogen and oxygen atoms in total. The van der Waals surface area contributed by atoms with E-state index < -0.39 is 8.32 Å². The molecular formula is C40H58O3Si. The summed E-state index contributed by atoms with van der Waals surface area (Å²) in [7, 11) is -0.449. The Morgan fingerprint density at radius 2 is 1.41 bits per heavy atom. The maximum atomic E-state index is 12.1. The Morgan fingerprint density at radius 1 is 0.818 bits per heavy atom. The van der Waals surface area contributed by atoms with Crippen LogP contribution < -0.4 is 0 Å². The van der Waals surface area contributed by atoms with E-state index in [1.165, 1.54) is 34.9 Å². The number of rotatable bonds is 11. The van der Waals surface area contributed by atoms with E-state index in [1.807, 2.05) is 12.1 Å². The number of benzene rings is 3. The molecule has 0 saturated carbocycles. The predicted molar refractivity (Wildman–Crippen MR) is 190 cm³/mol. The highest BCUT2D eigenvalue weighted by atomic mass is 28.4. The van der Waals surface area contributed by atoms with Gasteiger partial charge in [0.25, 0.3) is 0 Å². The molecule has 0 saturated heterocycles. The van der Waals surface area contributed by atoms with Gasteiger partial charge in [-0.05, 0) is 114 Å². The average molecular weight is 615 g/mol. The molecule has 3 rings (SSSR count). The first kappa shape index (κ1) is 35.8. The van der Waals surface area contributed by atoms with Crippen LogP contribution in [0.5, 0.6) is 0 Å². The summed E-state index contributed by atoms with van der Waals surface area (Å²) in [5.41, 5.74) is 9.47. The summed E-state index contributed by atoms with van der Waals surface area (Å²) >= 11 is 0. The fourth-order valence-corrected chi connectivity index (χ4v) is 7.75. The fraction of sp³-hybridized carbons (Fsp3) is 0.525. The molecule has 0 aliphatic heterocycles. The van der Waals surface area contributed by atoms with Crippen molar-refractivity contribution < 1.29 is 14.0 Å². The van der Waals surface area contributed by atoms with E-state index in [4.69, 9.17) is 9.16 Å². The molecule has 0 aromatic heterocycles. The highest BCUT2D eigenvalue weighted by Gasteiger charge is 2.41. The molecule has 3 aromatic carbocycles. The van der Waals surface area contributed by atoms with Gasteiger partial charge in [0, 0.05) is 5.41 Å². The number of carbonyl (C=O) groups excluding carboxylic acids is 1. The van der Waals surface area contributed by atoms with Crippen LogP contribution in [0.25, 0.3) is 11.1 Å². The Bertz CT molecular complexity index is 1430. The molecule has 44 heavy (non-hydrogen) atoms. The zero-order chi connectivity index (χ0) is 33.1. The molecular weight excluding hydrogens is 557 g/mol. The van der Waals surface area contributed by atoms with Crippen molar-refractivity contribution in [2.24, 2.45) is 5.41 Å². The molecule has 0 radical (unpaired) electrons. The second-order valence-electron chi connectivity index (χ2n) is 15.3. The number of methoxy groups -OCH3 is 1. The van der Waals surface area contributed by atoms with Crippen LogP contribution in [0.2, 0.25) is 18.1 Å². The fourth-order valence-electron chi connectivity index (χ4n) is 6.21. The second kappa shape index (κ2) is 13.7. The van der Waals surface area contributed by atoms with Crippen LogP contribution in [0.3, 0.4) is 0 Å². The van der Waals surface area contributed by atoms with Crippen molar-refractivity contribution in [2.75, 3.05) is 7.11 Å². The van der Waals surface area contributed by atoms with Gasteiger partial charge in [-0.1, -0.05) is 104 Å². The summed E-state index contributed by atoms with van der Waals surface area (Å²) in [6, 6.07) is 21.7. The summed E-state index contributed by atoms with van der Waals surface area (Å²) in [6.07, 6.45) is 4.31. The van der Waals surface area contributed by atoms with Gasteiger partial charge in [-0.15, -0.1) is 0 Å². The minimum Gasteiger partial charge on any atom is -0.465 e. The number of hydrogen-bond acceptors (Lipinski definition) is 3. The van der Waals surface area contributed by atoms with Crippen LogP contribution in [-0.4, -0.2) is 27.5 Å². The quantitative estimate of drug-likeness (QED) is 0.159. The third kappa shape index (κ3) is 7.74. The lowest BCUT2D eigenvalue weighted by atomic mass is 9.69. The van der Waals surface area contributed by atoms with Crippen molar-refractivity contribution in [2.45, 2.75) is 125 Å². The van der Waals surface area contributed by atoms with Gasteiger partial charge in [-0.2, -0.15) is 0 Å². The predicted octanol–water partition coefficient (Wildman–Crippen LogP) is 11.2. The molecule has 0 amide bonds. The molecule has 0 aliphatic rings. The topological polar surface area (TPSA) is 35.5 Å². The van der Waals surface area contributed by atoms with Crippen molar-refractivity contribution >= 4 is 14.3 Å². The van der Waals surface area contributed by atoms with Gasteiger partial charge < -0.3 is 9.16 Å². The van der Waals surface area contributed by atoms with E-state index in [2.05, 4.69) is 125 Å². The number of hydrogen-bond donors (Lipinski definition) is 0. The Morgan fingerprint density at radius 3 is 1.91 bits per heavy atom. The standard InChI is InChI=1S/C40H58O3Si/c1-14-40(15-2,34-22-23-35(29(4)26-34)31-17-16-18-32(27-31)37(41)42-11)33-21-19-30(28(3)25-33)20-24-36(38(5,6)7)43-44(12,13)39(8,9)10/h16-19,21-23,25-27,36H,14-15,20,24H2,1-13H3. The number of carbonyl (C=O) groups is 1. The van der Waals surface area contributed by atoms with Crippen molar-refractivity contribution in [1.82, 2.24) is 0 Å². The first-order valence-electron chi connectivity index (χ1n) is 16.5. The zero-order valence-electron chi connectivity index (χ0n) is 29.9. The van der Waals surface area contributed by atoms with Crippen LogP contribution in [0.4, 0.5) is 0 Å². The normalized spacial score (nSPS) is 13.6. The third-order valence-electron chi connectivity index (χ3n) is 10.4. The smallest absolute Gasteiger partial charge is 0.337 e. The molecule has 0 spiro atoms. The molecule has 0 aliphatic carbocycles. The van der Waals surface area contributed by atoms with Gasteiger partial charge in [0.2, 0.25) is 0 Å². The lowest BCUT2D eigenvalue weighted by Crippen LogP contribution is -2.47. The van der Waals surface area contributed by atoms with Crippen LogP contribution >= 0.6 is 0 Å². The first-order valence-corrected chi connectivity index (χ1v) is 19.4. The lowest BCUT2D eigenvalue weighted by molar-refractivity contribution is 0.0600. The Labute approximate surface area is 269 Å². The van der Waals surface area contributed by atoms with Crippen LogP contribution in [-0.2, 0) is 21.0 Å². The van der Waals surface area contributed by atoms with Crippen molar-refractivity contribution in [3.05, 3.63) is 94.0 Å². The number of esters is 1. The van der Waals surface area contributed by atoms with Crippen LogP contribution in [0.1, 0.15) is 113 Å². The van der Waals surface area contributed by atoms with E-state index in [9.17, 15) is 4.79 Å². The van der Waals surface area contributed by atoms with Crippen molar-refractivity contribution in [1.29, 1.82) is 0 Å². The largest absolute Gasteiger partial charge is 0.465 e. The second-order valence-corrected chi connectivity index (χ2v) is 20.1. The maximum absolute atomic E-state index is 12.1. The van der Waals surface area contributed by atoms with Gasteiger partial charge in [0.1, 0.15) is 0 Å². The van der Waals surface area contributed by atoms with Gasteiger partial charge in [-0.3, -0.25) is 0 Å². The summed E-state index contributed by atoms with van der Waals surface area (Å²) in [5.74, 6) is -0.312. The van der Waals surface area contributed by atoms with Gasteiger partial charge >= 0.3 is 5.97 Å². The minimum absolute atomic E-state index is 0.0696. The van der Waals surface area contributed by atoms with Crippen LogP contribution in [0, 0.1) is 19.3 Å². The van der Waals surface area contributed by atoms with E-state index in [0.29, 0.717) is 5.56 Å². The van der Waals surface area contributed by atoms with E-state index in [-0.39, 0.29) is 27.9 Å². The SMILES string of the molecule is CCC(CC)(c1ccc(CCC(O[Si](C)(C)C(C)(C)C)C(C)(C)C)c(C)c1)c1ccc(-c2cccc(C(=O)OC)c2)c(C)c1. The molecule has 0 N–H and O–H groups in total. The molecule has 0 heterocycles. The van der Waals surface area contributed by atoms with Crippen molar-refractivity contribution in [3.63, 3.8) is 0 Å². The Kier molecular flexibility index (Phi) is 11.2. The molecule has 0 bridgehead atoms. The summed E-state index contributed by atoms with van der Waals surface area (Å²) < 4.78 is 11.9. The number of aryl methyl sites for hydroxylation is 3. The summed E-state index contributed by atoms with van der Waals surface area (Å²) in [6.45, 7) is 27.7. The van der Waals surface area contributed by atoms with Gasteiger partial charge in [0.15, 0.2) is 8.32 Å². The van der Waals surface area contributed by atoms with E-state index in [1.54, 1.807) is 6.07 Å². The highest BCUT2D eigenvalue weighted by Crippen LogP contribution is 2.43. The molecule has 0 fully saturated rings. The Hall–Kier alpha value is -2.69. The molecule has 3 aromatic rings. The third-order valence-corrected chi connectivity index (χ3v) is 14.8. The number of ether oxygens (including phenoxy) is 1. The minimum atomic E-state index is -1.87. The van der Waals surface area contributed by atoms with Crippen LogP contribution in [0.15, 0.2) is 60.7 Å². The molecule has 4 heteroatoms. The Balaban J connectivity index is 1.91. The van der Waals surface area contributed by atoms with E-state index in [0.717, 1.165) is 36.8 Å². The van der Waals surface area contributed by atoms with E-state index >= 15 is 0 Å². The monoisotopic (exact) mass is 614 g/mol. The van der Waals surface area contributed by atoms with Crippen molar-refractivity contribution in [3.8, 4) is 11.1 Å². The van der Waals surface area contributed by atoms with Gasteiger partial charge in [0.05, 0.1) is 18.8 Å². The maximum Gasteiger partial charge on any atom is 0.337 e. The highest BCUT2D eigenvalue weighted by molar-refractivity contribution is 6.74. The molecule has 240 valence electrons. The zero-order valence-corrected chi connectivity index (χ0v) is 30.9. The lowest BCUT2D eigenvalue weighted by Gasteiger charge is -2.43. The van der Waals surface area contributed by atoms with Gasteiger partial charge in [-0.25, -0.2) is 4.79 Å². The average Bonchev–Trinajstić information content (AvgIpc) is 2.95. The summed E-state index contributed by atoms with van der Waals surface area (Å²) in [4.78, 5) is 12.1. The summed E-state index contributed by atoms with van der Waals surface area (Å²) in [5, 5.41) is 0.196. The molecule has 1 atom stereocenters.